The third-order valence-electron chi connectivity index (χ3n) is 12.8. The molecule has 286 valence electrons. The predicted octanol–water partition coefficient (Wildman–Crippen LogP) is 15.4. The molecule has 0 radical (unpaired) electrons. The highest BCUT2D eigenvalue weighted by molar-refractivity contribution is 6.19. The van der Waals surface area contributed by atoms with E-state index < -0.39 is 5.41 Å². The molecule has 1 heterocycles. The normalized spacial score (nSPS) is 12.7. The Morgan fingerprint density at radius 2 is 0.902 bits per heavy atom. The molecule has 0 aliphatic heterocycles. The highest BCUT2D eigenvalue weighted by Crippen LogP contribution is 2.57. The molecule has 10 aromatic carbocycles. The summed E-state index contributed by atoms with van der Waals surface area (Å²) in [6.07, 6.45) is 0. The SMILES string of the molecule is c1ccc(N(c2ccc(-c3ccc4c5ccc6ccccc6c5n(-c5ccccc5)c4c3)cc2)c2ccc3c(c2)-c2ccccc2C3(c2ccccc2)c2ccccc2)cc1. The Morgan fingerprint density at radius 3 is 1.64 bits per heavy atom. The highest BCUT2D eigenvalue weighted by atomic mass is 15.1. The number of fused-ring (bicyclic) bond motifs is 8. The van der Waals surface area contributed by atoms with Gasteiger partial charge in [-0.3, -0.25) is 0 Å². The van der Waals surface area contributed by atoms with Crippen LogP contribution in [0, 0.1) is 0 Å². The molecule has 0 unspecified atom stereocenters. The van der Waals surface area contributed by atoms with Crippen LogP contribution >= 0.6 is 0 Å². The lowest BCUT2D eigenvalue weighted by Gasteiger charge is -2.34. The van der Waals surface area contributed by atoms with Crippen molar-refractivity contribution in [2.75, 3.05) is 4.90 Å². The maximum atomic E-state index is 2.44. The average molecular weight is 777 g/mol. The Morgan fingerprint density at radius 1 is 0.344 bits per heavy atom. The lowest BCUT2D eigenvalue weighted by atomic mass is 9.68. The monoisotopic (exact) mass is 776 g/mol. The van der Waals surface area contributed by atoms with E-state index in [9.17, 15) is 0 Å². The van der Waals surface area contributed by atoms with Crippen molar-refractivity contribution in [2.24, 2.45) is 0 Å². The fourth-order valence-electron chi connectivity index (χ4n) is 10.2. The summed E-state index contributed by atoms with van der Waals surface area (Å²) in [5.74, 6) is 0. The first kappa shape index (κ1) is 35.0. The van der Waals surface area contributed by atoms with Crippen molar-refractivity contribution in [1.82, 2.24) is 4.57 Å². The lowest BCUT2D eigenvalue weighted by Crippen LogP contribution is -2.28. The first-order chi connectivity index (χ1) is 30.3. The van der Waals surface area contributed by atoms with Crippen LogP contribution < -0.4 is 4.90 Å². The summed E-state index contributed by atoms with van der Waals surface area (Å²) < 4.78 is 2.44. The van der Waals surface area contributed by atoms with Crippen molar-refractivity contribution < 1.29 is 0 Å². The lowest BCUT2D eigenvalue weighted by molar-refractivity contribution is 0.768. The van der Waals surface area contributed by atoms with Crippen molar-refractivity contribution in [2.45, 2.75) is 5.41 Å². The second kappa shape index (κ2) is 14.1. The number of hydrogen-bond donors (Lipinski definition) is 0. The second-order valence-electron chi connectivity index (χ2n) is 16.1. The van der Waals surface area contributed by atoms with E-state index in [1.165, 1.54) is 77.1 Å². The fourth-order valence-corrected chi connectivity index (χ4v) is 10.2. The van der Waals surface area contributed by atoms with E-state index in [1.807, 2.05) is 0 Å². The number of aromatic nitrogens is 1. The minimum atomic E-state index is -0.438. The topological polar surface area (TPSA) is 8.17 Å². The van der Waals surface area contributed by atoms with Crippen LogP contribution in [0.25, 0.3) is 60.5 Å². The first-order valence-electron chi connectivity index (χ1n) is 21.1. The maximum Gasteiger partial charge on any atom is 0.0713 e. The van der Waals surface area contributed by atoms with Crippen LogP contribution in [0.2, 0.25) is 0 Å². The summed E-state index contributed by atoms with van der Waals surface area (Å²) in [7, 11) is 0. The standard InChI is InChI=1S/C59H40N2/c1-5-18-44(19-6-1)59(45-20-7-2-8-21-45)55-28-16-15-27-51(55)54-40-49(35-38-56(54)59)60(46-22-9-3-10-23-46)48-33-29-41(30-34-48)43-32-36-52-53-37-31-42-17-13-14-26-50(42)58(53)61(57(52)39-43)47-24-11-4-12-25-47/h1-40H. The van der Waals surface area contributed by atoms with Crippen molar-refractivity contribution in [1.29, 1.82) is 0 Å². The molecule has 0 atom stereocenters. The summed E-state index contributed by atoms with van der Waals surface area (Å²) in [6.45, 7) is 0. The molecule has 11 aromatic rings. The van der Waals surface area contributed by atoms with Crippen molar-refractivity contribution in [3.05, 3.63) is 265 Å². The number of hydrogen-bond acceptors (Lipinski definition) is 1. The molecule has 0 saturated carbocycles. The molecule has 1 aliphatic carbocycles. The van der Waals surface area contributed by atoms with E-state index in [1.54, 1.807) is 0 Å². The van der Waals surface area contributed by atoms with Crippen LogP contribution in [0.15, 0.2) is 243 Å². The molecule has 1 aliphatic rings. The minimum absolute atomic E-state index is 0.438. The fraction of sp³-hybridized carbons (Fsp3) is 0.0169. The van der Waals surface area contributed by atoms with Crippen LogP contribution in [-0.4, -0.2) is 4.57 Å². The molecule has 1 aromatic heterocycles. The van der Waals surface area contributed by atoms with Gasteiger partial charge in [0, 0.05) is 38.9 Å². The van der Waals surface area contributed by atoms with Crippen LogP contribution in [0.3, 0.4) is 0 Å². The van der Waals surface area contributed by atoms with Gasteiger partial charge >= 0.3 is 0 Å². The average Bonchev–Trinajstić information content (AvgIpc) is 3.84. The van der Waals surface area contributed by atoms with Crippen LogP contribution in [0.5, 0.6) is 0 Å². The van der Waals surface area contributed by atoms with Gasteiger partial charge in [-0.25, -0.2) is 0 Å². The van der Waals surface area contributed by atoms with Crippen molar-refractivity contribution in [3.63, 3.8) is 0 Å². The molecule has 2 heteroatoms. The van der Waals surface area contributed by atoms with Gasteiger partial charge in [-0.1, -0.05) is 188 Å². The van der Waals surface area contributed by atoms with Crippen LogP contribution in [0.1, 0.15) is 22.3 Å². The third kappa shape index (κ3) is 5.43. The van der Waals surface area contributed by atoms with E-state index in [0.717, 1.165) is 22.7 Å². The van der Waals surface area contributed by atoms with Gasteiger partial charge in [-0.2, -0.15) is 0 Å². The van der Waals surface area contributed by atoms with Crippen LogP contribution in [0.4, 0.5) is 17.1 Å². The van der Waals surface area contributed by atoms with E-state index >= 15 is 0 Å². The quantitative estimate of drug-likeness (QED) is 0.156. The Labute approximate surface area is 355 Å². The van der Waals surface area contributed by atoms with Gasteiger partial charge in [0.15, 0.2) is 0 Å². The largest absolute Gasteiger partial charge is 0.310 e. The number of anilines is 3. The van der Waals surface area contributed by atoms with Gasteiger partial charge in [-0.05, 0) is 104 Å². The zero-order valence-corrected chi connectivity index (χ0v) is 33.5. The zero-order valence-electron chi connectivity index (χ0n) is 33.5. The van der Waals surface area contributed by atoms with Gasteiger partial charge in [0.1, 0.15) is 0 Å². The Hall–Kier alpha value is -7.94. The summed E-state index contributed by atoms with van der Waals surface area (Å²) >= 11 is 0. The molecular formula is C59H40N2. The van der Waals surface area contributed by atoms with Crippen molar-refractivity contribution in [3.8, 4) is 27.9 Å². The van der Waals surface area contributed by atoms with Gasteiger partial charge in [-0.15, -0.1) is 0 Å². The Bertz CT molecular complexity index is 3350. The van der Waals surface area contributed by atoms with Crippen molar-refractivity contribution >= 4 is 49.6 Å². The van der Waals surface area contributed by atoms with Gasteiger partial charge in [0.2, 0.25) is 0 Å². The van der Waals surface area contributed by atoms with E-state index in [0.29, 0.717) is 0 Å². The summed E-state index contributed by atoms with van der Waals surface area (Å²) in [5.41, 5.74) is 16.5. The number of para-hydroxylation sites is 2. The molecule has 0 saturated heterocycles. The molecule has 0 amide bonds. The molecule has 0 spiro atoms. The molecule has 61 heavy (non-hydrogen) atoms. The van der Waals surface area contributed by atoms with Crippen LogP contribution in [-0.2, 0) is 5.41 Å². The molecule has 2 nitrogen and oxygen atoms in total. The van der Waals surface area contributed by atoms with E-state index in [-0.39, 0.29) is 0 Å². The Kier molecular flexibility index (Phi) is 8.11. The van der Waals surface area contributed by atoms with Gasteiger partial charge in [0.05, 0.1) is 16.4 Å². The summed E-state index contributed by atoms with van der Waals surface area (Å²) in [6, 6.07) is 88.9. The number of benzene rings is 10. The zero-order chi connectivity index (χ0) is 40.3. The van der Waals surface area contributed by atoms with Gasteiger partial charge < -0.3 is 9.47 Å². The third-order valence-corrected chi connectivity index (χ3v) is 12.8. The highest BCUT2D eigenvalue weighted by Gasteiger charge is 2.46. The summed E-state index contributed by atoms with van der Waals surface area (Å²) in [4.78, 5) is 2.39. The predicted molar refractivity (Wildman–Crippen MR) is 256 cm³/mol. The first-order valence-corrected chi connectivity index (χ1v) is 21.1. The van der Waals surface area contributed by atoms with E-state index in [2.05, 4.69) is 252 Å². The Balaban J connectivity index is 0.997. The molecular weight excluding hydrogens is 737 g/mol. The maximum absolute atomic E-state index is 2.44. The number of rotatable bonds is 7. The number of nitrogens with zero attached hydrogens (tertiary/aromatic N) is 2. The minimum Gasteiger partial charge on any atom is -0.310 e. The van der Waals surface area contributed by atoms with E-state index in [4.69, 9.17) is 0 Å². The molecule has 12 rings (SSSR count). The second-order valence-corrected chi connectivity index (χ2v) is 16.1. The molecule has 0 bridgehead atoms. The molecule has 0 N–H and O–H groups in total. The van der Waals surface area contributed by atoms with Gasteiger partial charge in [0.25, 0.3) is 0 Å². The smallest absolute Gasteiger partial charge is 0.0713 e. The summed E-state index contributed by atoms with van der Waals surface area (Å²) in [5, 5.41) is 5.02. The molecule has 0 fully saturated rings.